The zero-order chi connectivity index (χ0) is 19.1. The van der Waals surface area contributed by atoms with Crippen LogP contribution in [0.4, 0.5) is 11.4 Å². The Morgan fingerprint density at radius 3 is 2.79 bits per heavy atom. The molecule has 2 aromatic rings. The van der Waals surface area contributed by atoms with Crippen molar-refractivity contribution in [1.29, 1.82) is 0 Å². The van der Waals surface area contributed by atoms with Gasteiger partial charge in [-0.3, -0.25) is 9.59 Å². The van der Waals surface area contributed by atoms with E-state index >= 15 is 0 Å². The molecule has 6 nitrogen and oxygen atoms in total. The normalized spacial score (nSPS) is 20.6. The Hall–Kier alpha value is -3.02. The summed E-state index contributed by atoms with van der Waals surface area (Å²) in [5, 5.41) is 5.96. The molecule has 2 N–H and O–H groups in total. The number of nitrogens with one attached hydrogen (secondary N) is 2. The molecule has 3 aliphatic rings. The van der Waals surface area contributed by atoms with Gasteiger partial charge in [0.05, 0.1) is 0 Å². The Kier molecular flexibility index (Phi) is 4.19. The Balaban J connectivity index is 1.46. The van der Waals surface area contributed by atoms with Gasteiger partial charge in [0.2, 0.25) is 18.6 Å². The number of rotatable bonds is 3. The largest absolute Gasteiger partial charge is 0.454 e. The highest BCUT2D eigenvalue weighted by Gasteiger charge is 2.31. The third-order valence-corrected chi connectivity index (χ3v) is 5.89. The standard InChI is InChI=1S/C22H22N2O4/c25-20-11-17(16-6-3-7-19-21(16)28-12-27-19)15-9-8-14(10-18(15)24-20)23-22(26)13-4-1-2-5-13/h3,6-10,13,17H,1-2,4-5,11-12H2,(H,23,26)(H,24,25). The number of hydrogen-bond donors (Lipinski definition) is 2. The van der Waals surface area contributed by atoms with Gasteiger partial charge in [0.15, 0.2) is 11.5 Å². The van der Waals surface area contributed by atoms with Crippen LogP contribution < -0.4 is 20.1 Å². The number of carbonyl (C=O) groups excluding carboxylic acids is 2. The van der Waals surface area contributed by atoms with Gasteiger partial charge in [-0.1, -0.05) is 31.0 Å². The van der Waals surface area contributed by atoms with Gasteiger partial charge in [-0.25, -0.2) is 0 Å². The van der Waals surface area contributed by atoms with Crippen molar-refractivity contribution in [2.75, 3.05) is 17.4 Å². The Bertz CT molecular complexity index is 950. The van der Waals surface area contributed by atoms with Crippen molar-refractivity contribution in [3.63, 3.8) is 0 Å². The number of anilines is 2. The summed E-state index contributed by atoms with van der Waals surface area (Å²) in [6, 6.07) is 11.5. The van der Waals surface area contributed by atoms with Gasteiger partial charge >= 0.3 is 0 Å². The minimum absolute atomic E-state index is 0.0479. The van der Waals surface area contributed by atoms with E-state index in [1.807, 2.05) is 36.4 Å². The Morgan fingerprint density at radius 1 is 1.07 bits per heavy atom. The van der Waals surface area contributed by atoms with E-state index in [1.165, 1.54) is 0 Å². The van der Waals surface area contributed by atoms with Crippen LogP contribution in [0.2, 0.25) is 0 Å². The maximum atomic E-state index is 12.4. The first-order chi connectivity index (χ1) is 13.7. The van der Waals surface area contributed by atoms with Crippen LogP contribution in [0.15, 0.2) is 36.4 Å². The lowest BCUT2D eigenvalue weighted by molar-refractivity contribution is -0.119. The summed E-state index contributed by atoms with van der Waals surface area (Å²) in [6.07, 6.45) is 4.49. The van der Waals surface area contributed by atoms with E-state index < -0.39 is 0 Å². The molecule has 0 spiro atoms. The summed E-state index contributed by atoms with van der Waals surface area (Å²) in [7, 11) is 0. The molecule has 1 saturated carbocycles. The lowest BCUT2D eigenvalue weighted by Gasteiger charge is -2.27. The molecule has 0 radical (unpaired) electrons. The van der Waals surface area contributed by atoms with E-state index in [1.54, 1.807) is 0 Å². The third kappa shape index (κ3) is 2.99. The van der Waals surface area contributed by atoms with Crippen LogP contribution >= 0.6 is 0 Å². The summed E-state index contributed by atoms with van der Waals surface area (Å²) >= 11 is 0. The van der Waals surface area contributed by atoms with E-state index in [0.717, 1.165) is 48.2 Å². The lowest BCUT2D eigenvalue weighted by Crippen LogP contribution is -2.24. The highest BCUT2D eigenvalue weighted by molar-refractivity contribution is 5.98. The van der Waals surface area contributed by atoms with E-state index in [0.29, 0.717) is 17.9 Å². The predicted octanol–water partition coefficient (Wildman–Crippen LogP) is 4.02. The van der Waals surface area contributed by atoms with Crippen LogP contribution in [0, 0.1) is 5.92 Å². The molecular formula is C22H22N2O4. The third-order valence-electron chi connectivity index (χ3n) is 5.89. The van der Waals surface area contributed by atoms with Crippen molar-refractivity contribution in [2.45, 2.75) is 38.0 Å². The molecule has 6 heteroatoms. The second kappa shape index (κ2) is 6.86. The number of amides is 2. The van der Waals surface area contributed by atoms with Crippen molar-refractivity contribution in [1.82, 2.24) is 0 Å². The Labute approximate surface area is 163 Å². The van der Waals surface area contributed by atoms with Crippen molar-refractivity contribution in [3.8, 4) is 11.5 Å². The summed E-state index contributed by atoms with van der Waals surface area (Å²) < 4.78 is 11.1. The zero-order valence-corrected chi connectivity index (χ0v) is 15.5. The fraction of sp³-hybridized carbons (Fsp3) is 0.364. The van der Waals surface area contributed by atoms with E-state index in [-0.39, 0.29) is 30.4 Å². The van der Waals surface area contributed by atoms with Crippen molar-refractivity contribution >= 4 is 23.2 Å². The van der Waals surface area contributed by atoms with Gasteiger partial charge in [0.25, 0.3) is 0 Å². The number of para-hydroxylation sites is 1. The molecule has 0 aromatic heterocycles. The first-order valence-electron chi connectivity index (χ1n) is 9.82. The molecule has 0 bridgehead atoms. The fourth-order valence-corrected chi connectivity index (χ4v) is 4.48. The highest BCUT2D eigenvalue weighted by Crippen LogP contribution is 2.46. The van der Waals surface area contributed by atoms with E-state index in [2.05, 4.69) is 10.6 Å². The molecule has 2 aliphatic heterocycles. The van der Waals surface area contributed by atoms with Crippen LogP contribution in [-0.4, -0.2) is 18.6 Å². The summed E-state index contributed by atoms with van der Waals surface area (Å²) in [5.41, 5.74) is 3.42. The summed E-state index contributed by atoms with van der Waals surface area (Å²) in [6.45, 7) is 0.199. The second-order valence-corrected chi connectivity index (χ2v) is 7.66. The Morgan fingerprint density at radius 2 is 1.93 bits per heavy atom. The fourth-order valence-electron chi connectivity index (χ4n) is 4.48. The molecule has 0 saturated heterocycles. The molecular weight excluding hydrogens is 356 g/mol. The van der Waals surface area contributed by atoms with Gasteiger partial charge in [-0.2, -0.15) is 0 Å². The maximum Gasteiger partial charge on any atom is 0.231 e. The number of ether oxygens (including phenoxy) is 2. The number of hydrogen-bond acceptors (Lipinski definition) is 4. The van der Waals surface area contributed by atoms with Crippen molar-refractivity contribution in [3.05, 3.63) is 47.5 Å². The van der Waals surface area contributed by atoms with E-state index in [9.17, 15) is 9.59 Å². The van der Waals surface area contributed by atoms with Crippen LogP contribution in [0.3, 0.4) is 0 Å². The first kappa shape index (κ1) is 17.1. The smallest absolute Gasteiger partial charge is 0.231 e. The molecule has 2 aromatic carbocycles. The molecule has 5 rings (SSSR count). The maximum absolute atomic E-state index is 12.4. The van der Waals surface area contributed by atoms with Gasteiger partial charge in [-0.05, 0) is 36.6 Å². The summed E-state index contributed by atoms with van der Waals surface area (Å²) in [4.78, 5) is 24.8. The lowest BCUT2D eigenvalue weighted by atomic mass is 9.84. The first-order valence-corrected chi connectivity index (χ1v) is 9.82. The molecule has 1 aliphatic carbocycles. The van der Waals surface area contributed by atoms with Crippen LogP contribution in [-0.2, 0) is 9.59 Å². The van der Waals surface area contributed by atoms with Gasteiger partial charge in [0, 0.05) is 35.2 Å². The molecule has 2 heterocycles. The predicted molar refractivity (Wildman–Crippen MR) is 105 cm³/mol. The average molecular weight is 378 g/mol. The van der Waals surface area contributed by atoms with Crippen molar-refractivity contribution < 1.29 is 19.1 Å². The van der Waals surface area contributed by atoms with Crippen LogP contribution in [0.1, 0.15) is 49.1 Å². The van der Waals surface area contributed by atoms with Gasteiger partial charge in [0.1, 0.15) is 0 Å². The number of benzene rings is 2. The van der Waals surface area contributed by atoms with Gasteiger partial charge in [-0.15, -0.1) is 0 Å². The van der Waals surface area contributed by atoms with Crippen molar-refractivity contribution in [2.24, 2.45) is 5.92 Å². The minimum atomic E-state index is -0.111. The highest BCUT2D eigenvalue weighted by atomic mass is 16.7. The average Bonchev–Trinajstić information content (AvgIpc) is 3.38. The number of carbonyl (C=O) groups is 2. The topological polar surface area (TPSA) is 76.7 Å². The van der Waals surface area contributed by atoms with Crippen LogP contribution in [0.5, 0.6) is 11.5 Å². The number of fused-ring (bicyclic) bond motifs is 2. The molecule has 1 atom stereocenters. The zero-order valence-electron chi connectivity index (χ0n) is 15.5. The van der Waals surface area contributed by atoms with Crippen LogP contribution in [0.25, 0.3) is 0 Å². The molecule has 1 unspecified atom stereocenters. The van der Waals surface area contributed by atoms with E-state index in [4.69, 9.17) is 9.47 Å². The molecule has 2 amide bonds. The minimum Gasteiger partial charge on any atom is -0.454 e. The monoisotopic (exact) mass is 378 g/mol. The quantitative estimate of drug-likeness (QED) is 0.846. The molecule has 144 valence electrons. The molecule has 28 heavy (non-hydrogen) atoms. The molecule has 1 fully saturated rings. The second-order valence-electron chi connectivity index (χ2n) is 7.66. The van der Waals surface area contributed by atoms with Gasteiger partial charge < -0.3 is 20.1 Å². The summed E-state index contributed by atoms with van der Waals surface area (Å²) in [5.74, 6) is 1.44. The SMILES string of the molecule is O=C1CC(c2cccc3c2OCO3)c2ccc(NC(=O)C3CCCC3)cc2N1.